The highest BCUT2D eigenvalue weighted by Crippen LogP contribution is 2.19. The number of halogens is 1. The zero-order chi connectivity index (χ0) is 10.9. The van der Waals surface area contributed by atoms with Crippen molar-refractivity contribution < 1.29 is 13.2 Å². The third-order valence-corrected chi connectivity index (χ3v) is 3.10. The molecule has 0 spiro atoms. The van der Waals surface area contributed by atoms with Crippen molar-refractivity contribution in [3.63, 3.8) is 0 Å². The maximum Gasteiger partial charge on any atom is 0.178 e. The van der Waals surface area contributed by atoms with E-state index in [1.54, 1.807) is 0 Å². The lowest BCUT2D eigenvalue weighted by molar-refractivity contribution is 0.101. The Morgan fingerprint density at radius 1 is 1.43 bits per heavy atom. The predicted molar refractivity (Wildman–Crippen MR) is 52.4 cm³/mol. The van der Waals surface area contributed by atoms with Crippen LogP contribution in [-0.4, -0.2) is 25.4 Å². The lowest BCUT2D eigenvalue weighted by Gasteiger charge is -2.01. The Morgan fingerprint density at radius 2 is 2.00 bits per heavy atom. The Hall–Kier alpha value is -0.940. The van der Waals surface area contributed by atoms with E-state index < -0.39 is 9.84 Å². The van der Waals surface area contributed by atoms with Gasteiger partial charge in [0.2, 0.25) is 0 Å². The maximum atomic E-state index is 11.1. The topological polar surface area (TPSA) is 64.1 Å². The van der Waals surface area contributed by atoms with Crippen LogP contribution in [0, 0.1) is 0 Å². The molecule has 0 unspecified atom stereocenters. The molecule has 4 nitrogen and oxygen atoms in total. The van der Waals surface area contributed by atoms with Crippen LogP contribution in [0.15, 0.2) is 17.0 Å². The van der Waals surface area contributed by atoms with Gasteiger partial charge in [-0.2, -0.15) is 0 Å². The molecule has 0 aliphatic rings. The SMILES string of the molecule is CC(=O)c1ccc(S(C)(=O)=O)c(Cl)n1. The lowest BCUT2D eigenvalue weighted by atomic mass is 10.3. The van der Waals surface area contributed by atoms with Crippen molar-refractivity contribution in [2.75, 3.05) is 6.26 Å². The number of ketones is 1. The van der Waals surface area contributed by atoms with Crippen LogP contribution in [0.2, 0.25) is 5.15 Å². The molecule has 0 amide bonds. The molecule has 0 aliphatic carbocycles. The summed E-state index contributed by atoms with van der Waals surface area (Å²) < 4.78 is 22.3. The number of Topliss-reactive ketones (excluding diaryl/α,β-unsaturated/α-hetero) is 1. The van der Waals surface area contributed by atoms with Gasteiger partial charge in [-0.25, -0.2) is 13.4 Å². The third kappa shape index (κ3) is 2.30. The van der Waals surface area contributed by atoms with E-state index in [0.717, 1.165) is 6.26 Å². The van der Waals surface area contributed by atoms with E-state index in [-0.39, 0.29) is 21.5 Å². The van der Waals surface area contributed by atoms with Crippen molar-refractivity contribution in [2.24, 2.45) is 0 Å². The van der Waals surface area contributed by atoms with Crippen LogP contribution in [0.25, 0.3) is 0 Å². The van der Waals surface area contributed by atoms with Crippen LogP contribution in [0.4, 0.5) is 0 Å². The normalized spacial score (nSPS) is 11.4. The number of hydrogen-bond donors (Lipinski definition) is 0. The summed E-state index contributed by atoms with van der Waals surface area (Å²) in [6, 6.07) is 2.62. The summed E-state index contributed by atoms with van der Waals surface area (Å²) in [6.45, 7) is 1.33. The monoisotopic (exact) mass is 233 g/mol. The van der Waals surface area contributed by atoms with Gasteiger partial charge < -0.3 is 0 Å². The fourth-order valence-corrected chi connectivity index (χ4v) is 2.14. The van der Waals surface area contributed by atoms with Crippen molar-refractivity contribution in [3.8, 4) is 0 Å². The molecule has 0 bridgehead atoms. The number of hydrogen-bond acceptors (Lipinski definition) is 4. The minimum Gasteiger partial charge on any atom is -0.293 e. The van der Waals surface area contributed by atoms with Crippen LogP contribution >= 0.6 is 11.6 Å². The molecule has 0 aromatic carbocycles. The van der Waals surface area contributed by atoms with Gasteiger partial charge in [-0.05, 0) is 12.1 Å². The molecule has 0 fully saturated rings. The molecule has 0 radical (unpaired) electrons. The zero-order valence-electron chi connectivity index (χ0n) is 7.61. The largest absolute Gasteiger partial charge is 0.293 e. The number of aromatic nitrogens is 1. The maximum absolute atomic E-state index is 11.1. The first kappa shape index (κ1) is 11.1. The second-order valence-electron chi connectivity index (χ2n) is 2.81. The molecule has 1 aromatic rings. The van der Waals surface area contributed by atoms with E-state index in [2.05, 4.69) is 4.98 Å². The summed E-state index contributed by atoms with van der Waals surface area (Å²) in [7, 11) is -3.38. The number of nitrogens with zero attached hydrogens (tertiary/aromatic N) is 1. The van der Waals surface area contributed by atoms with E-state index >= 15 is 0 Å². The van der Waals surface area contributed by atoms with Crippen LogP contribution in [0.3, 0.4) is 0 Å². The van der Waals surface area contributed by atoms with E-state index in [4.69, 9.17) is 11.6 Å². The van der Waals surface area contributed by atoms with Gasteiger partial charge >= 0.3 is 0 Å². The van der Waals surface area contributed by atoms with Crippen molar-refractivity contribution in [1.82, 2.24) is 4.98 Å². The average molecular weight is 234 g/mol. The Balaban J connectivity index is 3.35. The Bertz CT molecular complexity index is 481. The van der Waals surface area contributed by atoms with Gasteiger partial charge in [-0.15, -0.1) is 0 Å². The molecule has 1 heterocycles. The van der Waals surface area contributed by atoms with Gasteiger partial charge in [0.15, 0.2) is 15.6 Å². The molecule has 0 N–H and O–H groups in total. The number of carbonyl (C=O) groups is 1. The molecular formula is C8H8ClNO3S. The van der Waals surface area contributed by atoms with Crippen LogP contribution in [-0.2, 0) is 9.84 Å². The lowest BCUT2D eigenvalue weighted by Crippen LogP contribution is -2.03. The third-order valence-electron chi connectivity index (χ3n) is 1.57. The van der Waals surface area contributed by atoms with Gasteiger partial charge in [0.25, 0.3) is 0 Å². The van der Waals surface area contributed by atoms with Gasteiger partial charge in [-0.3, -0.25) is 4.79 Å². The number of sulfone groups is 1. The Labute approximate surface area is 86.8 Å². The first-order valence-corrected chi connectivity index (χ1v) is 5.97. The van der Waals surface area contributed by atoms with E-state index in [0.29, 0.717) is 0 Å². The van der Waals surface area contributed by atoms with Crippen molar-refractivity contribution >= 4 is 27.2 Å². The summed E-state index contributed by atoms with van der Waals surface area (Å²) in [5.41, 5.74) is 0.155. The highest BCUT2D eigenvalue weighted by molar-refractivity contribution is 7.90. The second kappa shape index (κ2) is 3.67. The highest BCUT2D eigenvalue weighted by Gasteiger charge is 2.14. The van der Waals surface area contributed by atoms with Crippen LogP contribution in [0.1, 0.15) is 17.4 Å². The first-order valence-electron chi connectivity index (χ1n) is 3.70. The summed E-state index contributed by atoms with van der Waals surface area (Å²) in [4.78, 5) is 14.5. The molecular weight excluding hydrogens is 226 g/mol. The van der Waals surface area contributed by atoms with E-state index in [1.807, 2.05) is 0 Å². The predicted octanol–water partition coefficient (Wildman–Crippen LogP) is 1.34. The van der Waals surface area contributed by atoms with Gasteiger partial charge in [0.05, 0.1) is 0 Å². The van der Waals surface area contributed by atoms with Gasteiger partial charge in [0, 0.05) is 13.2 Å². The summed E-state index contributed by atoms with van der Waals surface area (Å²) in [5, 5.41) is -0.166. The molecule has 0 atom stereocenters. The molecule has 1 aromatic heterocycles. The first-order chi connectivity index (χ1) is 6.32. The molecule has 1 rings (SSSR count). The van der Waals surface area contributed by atoms with Crippen LogP contribution < -0.4 is 0 Å². The van der Waals surface area contributed by atoms with Gasteiger partial charge in [-0.1, -0.05) is 11.6 Å². The van der Waals surface area contributed by atoms with Crippen molar-refractivity contribution in [3.05, 3.63) is 23.0 Å². The minimum atomic E-state index is -3.38. The van der Waals surface area contributed by atoms with Gasteiger partial charge in [0.1, 0.15) is 15.7 Å². The molecule has 14 heavy (non-hydrogen) atoms. The molecule has 76 valence electrons. The van der Waals surface area contributed by atoms with E-state index in [9.17, 15) is 13.2 Å². The molecule has 0 saturated carbocycles. The summed E-state index contributed by atoms with van der Waals surface area (Å²) >= 11 is 5.62. The average Bonchev–Trinajstić information content (AvgIpc) is 2.01. The number of pyridine rings is 1. The number of rotatable bonds is 2. The summed E-state index contributed by atoms with van der Waals surface area (Å²) in [5.74, 6) is -0.257. The van der Waals surface area contributed by atoms with Crippen molar-refractivity contribution in [2.45, 2.75) is 11.8 Å². The minimum absolute atomic E-state index is 0.0656. The van der Waals surface area contributed by atoms with Crippen LogP contribution in [0.5, 0.6) is 0 Å². The Morgan fingerprint density at radius 3 is 2.36 bits per heavy atom. The molecule has 0 saturated heterocycles. The fraction of sp³-hybridized carbons (Fsp3) is 0.250. The standard InChI is InChI=1S/C8H8ClNO3S/c1-5(11)6-3-4-7(8(9)10-6)14(2,12)13/h3-4H,1-2H3. The fourth-order valence-electron chi connectivity index (χ4n) is 0.894. The second-order valence-corrected chi connectivity index (χ2v) is 5.16. The van der Waals surface area contributed by atoms with Crippen molar-refractivity contribution in [1.29, 1.82) is 0 Å². The van der Waals surface area contributed by atoms with E-state index in [1.165, 1.54) is 19.1 Å². The zero-order valence-corrected chi connectivity index (χ0v) is 9.19. The summed E-state index contributed by atoms with van der Waals surface area (Å²) in [6.07, 6.45) is 1.03. The molecule has 0 aliphatic heterocycles. The molecule has 6 heteroatoms. The number of carbonyl (C=O) groups excluding carboxylic acids is 1. The quantitative estimate of drug-likeness (QED) is 0.571. The smallest absolute Gasteiger partial charge is 0.178 e. The highest BCUT2D eigenvalue weighted by atomic mass is 35.5. The Kier molecular flexibility index (Phi) is 2.92.